The predicted octanol–water partition coefficient (Wildman–Crippen LogP) is 3.31. The van der Waals surface area contributed by atoms with Gasteiger partial charge in [0, 0.05) is 0 Å². The Morgan fingerprint density at radius 1 is 1.10 bits per heavy atom. The van der Waals surface area contributed by atoms with Crippen molar-refractivity contribution in [2.24, 2.45) is 0 Å². The van der Waals surface area contributed by atoms with Gasteiger partial charge in [0.05, 0.1) is 0 Å². The molecule has 0 bridgehead atoms. The van der Waals surface area contributed by atoms with Crippen molar-refractivity contribution in [3.8, 4) is 0 Å². The summed E-state index contributed by atoms with van der Waals surface area (Å²) in [4.78, 5) is 0. The third-order valence-corrected chi connectivity index (χ3v) is 0.940. The van der Waals surface area contributed by atoms with E-state index in [1.807, 2.05) is 18.2 Å². The zero-order chi connectivity index (χ0) is 7.82. The molecule has 10 heavy (non-hydrogen) atoms. The minimum absolute atomic E-state index is 0.292. The van der Waals surface area contributed by atoms with Crippen LogP contribution in [-0.2, 0) is 0 Å². The quantitative estimate of drug-likeness (QED) is 0.523. The van der Waals surface area contributed by atoms with Crippen LogP contribution in [0.4, 0.5) is 0 Å². The van der Waals surface area contributed by atoms with Crippen LogP contribution in [0.15, 0.2) is 30.3 Å². The molecule has 0 aliphatic carbocycles. The van der Waals surface area contributed by atoms with Crippen LogP contribution in [0.3, 0.4) is 0 Å². The van der Waals surface area contributed by atoms with Gasteiger partial charge in [0.2, 0.25) is 0 Å². The van der Waals surface area contributed by atoms with Crippen molar-refractivity contribution in [1.29, 1.82) is 0 Å². The van der Waals surface area contributed by atoms with E-state index in [0.29, 0.717) is 0 Å². The van der Waals surface area contributed by atoms with Crippen LogP contribution in [0.2, 0.25) is 0 Å². The molecule has 1 aromatic rings. The number of rotatable bonds is 0. The molecule has 0 amide bonds. The number of hydrogen-bond acceptors (Lipinski definition) is 0. The fraction of sp³-hybridized carbons (Fsp3) is 0.143. The summed E-state index contributed by atoms with van der Waals surface area (Å²) in [6.07, 6.45) is 0. The van der Waals surface area contributed by atoms with Crippen LogP contribution in [0.1, 0.15) is 5.56 Å². The fourth-order valence-electron chi connectivity index (χ4n) is 0.534. The third kappa shape index (κ3) is 7.21. The summed E-state index contributed by atoms with van der Waals surface area (Å²) in [7, 11) is 0. The Kier molecular flexibility index (Phi) is 9.10. The standard InChI is InChI=1S/C7H8.2BrH.Pb/c1-7-5-3-2-4-6-7;;;/h2-6H,1H3;2*1H;/q;;;+2/p-2. The van der Waals surface area contributed by atoms with Gasteiger partial charge in [-0.1, -0.05) is 35.9 Å². The van der Waals surface area contributed by atoms with Gasteiger partial charge in [-0.2, -0.15) is 0 Å². The van der Waals surface area contributed by atoms with Crippen LogP contribution in [0.5, 0.6) is 0 Å². The maximum absolute atomic E-state index is 3.26. The molecule has 0 aliphatic rings. The molecule has 0 N–H and O–H groups in total. The molecule has 3 heteroatoms. The van der Waals surface area contributed by atoms with Crippen molar-refractivity contribution < 1.29 is 0 Å². The van der Waals surface area contributed by atoms with E-state index < -0.39 is 0 Å². The summed E-state index contributed by atoms with van der Waals surface area (Å²) in [6.45, 7) is 2.08. The fourth-order valence-corrected chi connectivity index (χ4v) is 0.534. The van der Waals surface area contributed by atoms with Crippen molar-refractivity contribution in [3.05, 3.63) is 35.9 Å². The Morgan fingerprint density at radius 2 is 1.50 bits per heavy atom. The van der Waals surface area contributed by atoms with Crippen molar-refractivity contribution >= 4 is 43.4 Å². The molecule has 0 aromatic heterocycles. The average molecular weight is 459 g/mol. The molecule has 1 rings (SSSR count). The molecule has 0 heterocycles. The second-order valence-corrected chi connectivity index (χ2v) is 18.6. The Balaban J connectivity index is 0.000000236. The van der Waals surface area contributed by atoms with Gasteiger partial charge in [0.1, 0.15) is 0 Å². The summed E-state index contributed by atoms with van der Waals surface area (Å²) >= 11 is 6.22. The number of aryl methyl sites for hydroxylation is 1. The third-order valence-electron chi connectivity index (χ3n) is 0.940. The van der Waals surface area contributed by atoms with Gasteiger partial charge in [0.15, 0.2) is 0 Å². The summed E-state index contributed by atoms with van der Waals surface area (Å²) in [6, 6.07) is 10.3. The topological polar surface area (TPSA) is 0 Å². The Hall–Kier alpha value is 1.10. The summed E-state index contributed by atoms with van der Waals surface area (Å²) in [5.41, 5.74) is 1.32. The van der Waals surface area contributed by atoms with E-state index in [0.717, 1.165) is 0 Å². The Morgan fingerprint density at radius 3 is 1.70 bits per heavy atom. The first kappa shape index (κ1) is 11.1. The van der Waals surface area contributed by atoms with Crippen LogP contribution in [0.25, 0.3) is 0 Å². The van der Waals surface area contributed by atoms with Crippen molar-refractivity contribution in [1.82, 2.24) is 0 Å². The van der Waals surface area contributed by atoms with Crippen LogP contribution in [0, 0.1) is 6.92 Å². The monoisotopic (exact) mass is 458 g/mol. The first-order valence-electron chi connectivity index (χ1n) is 2.79. The molecule has 0 unspecified atom stereocenters. The first-order chi connectivity index (χ1) is 4.81. The van der Waals surface area contributed by atoms with Crippen LogP contribution >= 0.6 is 24.0 Å². The molecule has 0 fully saturated rings. The molecule has 0 saturated carbocycles. The van der Waals surface area contributed by atoms with Gasteiger partial charge in [-0.15, -0.1) is 0 Å². The van der Waals surface area contributed by atoms with Crippen LogP contribution < -0.4 is 0 Å². The number of hydrogen-bond donors (Lipinski definition) is 0. The van der Waals surface area contributed by atoms with Crippen molar-refractivity contribution in [3.63, 3.8) is 0 Å². The van der Waals surface area contributed by atoms with Gasteiger partial charge >= 0.3 is 43.4 Å². The van der Waals surface area contributed by atoms with Gasteiger partial charge in [-0.05, 0) is 6.92 Å². The molecule has 0 aliphatic heterocycles. The van der Waals surface area contributed by atoms with Crippen molar-refractivity contribution in [2.75, 3.05) is 0 Å². The summed E-state index contributed by atoms with van der Waals surface area (Å²) in [5.74, 6) is 0. The first-order valence-corrected chi connectivity index (χ1v) is 19.6. The summed E-state index contributed by atoms with van der Waals surface area (Å²) < 4.78 is 0. The predicted molar refractivity (Wildman–Crippen MR) is 54.8 cm³/mol. The molecular formula is C7H8Br2Pb. The van der Waals surface area contributed by atoms with E-state index in [9.17, 15) is 0 Å². The normalized spacial score (nSPS) is 7.90. The molecule has 0 saturated heterocycles. The zero-order valence-corrected chi connectivity index (χ0v) is 12.7. The van der Waals surface area contributed by atoms with Gasteiger partial charge in [-0.25, -0.2) is 0 Å². The van der Waals surface area contributed by atoms with Gasteiger partial charge < -0.3 is 0 Å². The van der Waals surface area contributed by atoms with E-state index in [1.165, 1.54) is 5.56 Å². The molecule has 0 spiro atoms. The molecule has 1 aromatic carbocycles. The minimum atomic E-state index is -0.292. The number of halogens is 2. The van der Waals surface area contributed by atoms with Gasteiger partial charge in [0.25, 0.3) is 0 Å². The number of benzene rings is 1. The Labute approximate surface area is 85.2 Å². The molecule has 54 valence electrons. The van der Waals surface area contributed by atoms with E-state index in [-0.39, 0.29) is 19.4 Å². The second-order valence-electron chi connectivity index (χ2n) is 1.73. The van der Waals surface area contributed by atoms with E-state index in [2.05, 4.69) is 43.0 Å². The molecule has 2 radical (unpaired) electrons. The SMILES string of the molecule is Cc1ccccc1.[Br][Pb][Br]. The summed E-state index contributed by atoms with van der Waals surface area (Å²) in [5, 5.41) is 0. The molecular weight excluding hydrogens is 451 g/mol. The van der Waals surface area contributed by atoms with E-state index in [4.69, 9.17) is 0 Å². The average Bonchev–Trinajstić information content (AvgIpc) is 1.91. The molecule has 0 nitrogen and oxygen atoms in total. The zero-order valence-electron chi connectivity index (χ0n) is 5.64. The molecule has 0 atom stereocenters. The second kappa shape index (κ2) is 8.20. The van der Waals surface area contributed by atoms with Crippen molar-refractivity contribution in [2.45, 2.75) is 6.92 Å². The van der Waals surface area contributed by atoms with Crippen LogP contribution in [-0.4, -0.2) is 19.4 Å². The maximum atomic E-state index is 3.26. The van der Waals surface area contributed by atoms with E-state index in [1.54, 1.807) is 0 Å². The van der Waals surface area contributed by atoms with Gasteiger partial charge in [-0.3, -0.25) is 0 Å². The Bertz CT molecular complexity index is 153. The van der Waals surface area contributed by atoms with E-state index >= 15 is 0 Å².